The van der Waals surface area contributed by atoms with Crippen molar-refractivity contribution in [2.75, 3.05) is 7.05 Å². The van der Waals surface area contributed by atoms with Crippen molar-refractivity contribution in [1.82, 2.24) is 10.2 Å². The lowest BCUT2D eigenvalue weighted by atomic mass is 10.0. The van der Waals surface area contributed by atoms with Crippen molar-refractivity contribution in [1.29, 1.82) is 0 Å². The van der Waals surface area contributed by atoms with Gasteiger partial charge in [-0.3, -0.25) is 19.3 Å². The van der Waals surface area contributed by atoms with Gasteiger partial charge in [0.2, 0.25) is 5.91 Å². The molecule has 6 heteroatoms. The van der Waals surface area contributed by atoms with Crippen molar-refractivity contribution in [2.45, 2.75) is 18.9 Å². The van der Waals surface area contributed by atoms with Gasteiger partial charge >= 0.3 is 0 Å². The van der Waals surface area contributed by atoms with Gasteiger partial charge in [-0.2, -0.15) is 0 Å². The number of benzene rings is 1. The van der Waals surface area contributed by atoms with E-state index in [1.54, 1.807) is 0 Å². The third-order valence-electron chi connectivity index (χ3n) is 3.07. The molecule has 19 heavy (non-hydrogen) atoms. The minimum Gasteiger partial charge on any atom is -0.340 e. The highest BCUT2D eigenvalue weighted by Crippen LogP contribution is 2.13. The predicted octanol–water partition coefficient (Wildman–Crippen LogP) is 0.703. The van der Waals surface area contributed by atoms with Crippen molar-refractivity contribution in [2.24, 2.45) is 0 Å². The fourth-order valence-corrected chi connectivity index (χ4v) is 1.93. The number of piperidine rings is 1. The van der Waals surface area contributed by atoms with Crippen molar-refractivity contribution in [3.8, 4) is 0 Å². The number of carbonyl (C=O) groups is 3. The summed E-state index contributed by atoms with van der Waals surface area (Å²) in [5.41, 5.74) is -0.116. The van der Waals surface area contributed by atoms with E-state index in [-0.39, 0.29) is 24.3 Å². The summed E-state index contributed by atoms with van der Waals surface area (Å²) in [6, 6.07) is 4.75. The van der Waals surface area contributed by atoms with Crippen molar-refractivity contribution in [3.63, 3.8) is 0 Å². The summed E-state index contributed by atoms with van der Waals surface area (Å²) in [7, 11) is 1.37. The Labute approximate surface area is 109 Å². The van der Waals surface area contributed by atoms with E-state index in [2.05, 4.69) is 5.32 Å². The molecule has 1 heterocycles. The van der Waals surface area contributed by atoms with Gasteiger partial charge < -0.3 is 5.32 Å². The molecule has 1 fully saturated rings. The highest BCUT2D eigenvalue weighted by Gasteiger charge is 2.33. The highest BCUT2D eigenvalue weighted by atomic mass is 19.1. The molecule has 2 rings (SSSR count). The van der Waals surface area contributed by atoms with Gasteiger partial charge in [0, 0.05) is 13.5 Å². The number of nitrogens with one attached hydrogen (secondary N) is 1. The first-order valence-corrected chi connectivity index (χ1v) is 5.86. The first-order chi connectivity index (χ1) is 9.00. The Morgan fingerprint density at radius 1 is 1.37 bits per heavy atom. The fraction of sp³-hybridized carbons (Fsp3) is 0.308. The molecule has 100 valence electrons. The van der Waals surface area contributed by atoms with Gasteiger partial charge in [-0.05, 0) is 18.6 Å². The largest absolute Gasteiger partial charge is 0.340 e. The van der Waals surface area contributed by atoms with Crippen LogP contribution < -0.4 is 5.32 Å². The van der Waals surface area contributed by atoms with E-state index in [0.717, 1.165) is 4.90 Å². The number of amides is 3. The lowest BCUT2D eigenvalue weighted by molar-refractivity contribution is -0.147. The monoisotopic (exact) mass is 264 g/mol. The van der Waals surface area contributed by atoms with Crippen LogP contribution in [0.15, 0.2) is 24.3 Å². The van der Waals surface area contributed by atoms with Crippen molar-refractivity contribution < 1.29 is 18.8 Å². The summed E-state index contributed by atoms with van der Waals surface area (Å²) >= 11 is 0. The Balaban J connectivity index is 2.10. The Bertz CT molecular complexity index is 544. The maximum absolute atomic E-state index is 13.4. The second-order valence-corrected chi connectivity index (χ2v) is 4.34. The molecule has 1 aliphatic rings. The SMILES string of the molecule is CN1C(=O)CCC(NC(=O)c2ccccc2F)C1=O. The molecule has 1 atom stereocenters. The number of halogens is 1. The summed E-state index contributed by atoms with van der Waals surface area (Å²) in [5.74, 6) is -2.05. The number of hydrogen-bond acceptors (Lipinski definition) is 3. The molecule has 1 aliphatic heterocycles. The van der Waals surface area contributed by atoms with Crippen LogP contribution in [0.25, 0.3) is 0 Å². The van der Waals surface area contributed by atoms with Crippen LogP contribution in [0.2, 0.25) is 0 Å². The minimum absolute atomic E-state index is 0.116. The molecule has 0 spiro atoms. The summed E-state index contributed by atoms with van der Waals surface area (Å²) in [5, 5.41) is 2.45. The summed E-state index contributed by atoms with van der Waals surface area (Å²) < 4.78 is 13.4. The van der Waals surface area contributed by atoms with Gasteiger partial charge in [0.1, 0.15) is 11.9 Å². The number of carbonyl (C=O) groups excluding carboxylic acids is 3. The van der Waals surface area contributed by atoms with Gasteiger partial charge in [-0.1, -0.05) is 12.1 Å². The molecule has 1 N–H and O–H groups in total. The minimum atomic E-state index is -0.783. The number of likely N-dealkylation sites (N-methyl/N-ethyl adjacent to an activating group) is 1. The molecule has 1 aromatic rings. The maximum atomic E-state index is 13.4. The van der Waals surface area contributed by atoms with Crippen LogP contribution in [0.3, 0.4) is 0 Å². The highest BCUT2D eigenvalue weighted by molar-refractivity contribution is 6.03. The van der Waals surface area contributed by atoms with Gasteiger partial charge in [0.05, 0.1) is 5.56 Å². The fourth-order valence-electron chi connectivity index (χ4n) is 1.93. The number of nitrogens with zero attached hydrogens (tertiary/aromatic N) is 1. The molecule has 0 aliphatic carbocycles. The summed E-state index contributed by atoms with van der Waals surface area (Å²) in [6.45, 7) is 0. The van der Waals surface area contributed by atoms with Crippen molar-refractivity contribution >= 4 is 17.7 Å². The van der Waals surface area contributed by atoms with E-state index in [0.29, 0.717) is 0 Å². The lowest BCUT2D eigenvalue weighted by Gasteiger charge is -2.28. The molecule has 1 saturated heterocycles. The topological polar surface area (TPSA) is 66.5 Å². The summed E-state index contributed by atoms with van der Waals surface area (Å²) in [6.07, 6.45) is 0.423. The molecule has 0 bridgehead atoms. The van der Waals surface area contributed by atoms with E-state index >= 15 is 0 Å². The second kappa shape index (κ2) is 5.17. The maximum Gasteiger partial charge on any atom is 0.254 e. The van der Waals surface area contributed by atoms with Crippen molar-refractivity contribution in [3.05, 3.63) is 35.6 Å². The lowest BCUT2D eigenvalue weighted by Crippen LogP contribution is -2.53. The number of imide groups is 1. The molecule has 0 radical (unpaired) electrons. The smallest absolute Gasteiger partial charge is 0.254 e. The van der Waals surface area contributed by atoms with Gasteiger partial charge in [0.25, 0.3) is 11.8 Å². The first-order valence-electron chi connectivity index (χ1n) is 5.86. The van der Waals surface area contributed by atoms with Gasteiger partial charge in [-0.15, -0.1) is 0 Å². The van der Waals surface area contributed by atoms with Crippen LogP contribution in [0, 0.1) is 5.82 Å². The van der Waals surface area contributed by atoms with E-state index in [1.165, 1.54) is 31.3 Å². The van der Waals surface area contributed by atoms with Crippen LogP contribution in [-0.4, -0.2) is 35.7 Å². The molecular formula is C13H13FN2O3. The number of hydrogen-bond donors (Lipinski definition) is 1. The zero-order valence-electron chi connectivity index (χ0n) is 10.4. The van der Waals surface area contributed by atoms with Crippen LogP contribution in [-0.2, 0) is 9.59 Å². The van der Waals surface area contributed by atoms with Crippen LogP contribution in [0.5, 0.6) is 0 Å². The standard InChI is InChI=1S/C13H13FN2O3/c1-16-11(17)7-6-10(13(16)19)15-12(18)8-4-2-3-5-9(8)14/h2-5,10H,6-7H2,1H3,(H,15,18). The third kappa shape index (κ3) is 2.62. The summed E-state index contributed by atoms with van der Waals surface area (Å²) in [4.78, 5) is 35.9. The molecule has 5 nitrogen and oxygen atoms in total. The average Bonchev–Trinajstić information content (AvgIpc) is 2.40. The Kier molecular flexibility index (Phi) is 3.59. The Morgan fingerprint density at radius 2 is 2.05 bits per heavy atom. The van der Waals surface area contributed by atoms with E-state index in [1.807, 2.05) is 0 Å². The number of likely N-dealkylation sites (tertiary alicyclic amines) is 1. The van der Waals surface area contributed by atoms with Crippen LogP contribution >= 0.6 is 0 Å². The zero-order chi connectivity index (χ0) is 14.0. The Morgan fingerprint density at radius 3 is 2.74 bits per heavy atom. The van der Waals surface area contributed by atoms with Crippen LogP contribution in [0.1, 0.15) is 23.2 Å². The quantitative estimate of drug-likeness (QED) is 0.800. The predicted molar refractivity (Wildman–Crippen MR) is 64.7 cm³/mol. The second-order valence-electron chi connectivity index (χ2n) is 4.34. The van der Waals surface area contributed by atoms with E-state index in [4.69, 9.17) is 0 Å². The molecule has 3 amide bonds. The van der Waals surface area contributed by atoms with E-state index in [9.17, 15) is 18.8 Å². The molecule has 1 aromatic carbocycles. The van der Waals surface area contributed by atoms with Gasteiger partial charge in [0.15, 0.2) is 0 Å². The first kappa shape index (κ1) is 13.2. The molecule has 1 unspecified atom stereocenters. The third-order valence-corrected chi connectivity index (χ3v) is 3.07. The average molecular weight is 264 g/mol. The zero-order valence-corrected chi connectivity index (χ0v) is 10.4. The number of rotatable bonds is 2. The Hall–Kier alpha value is -2.24. The normalized spacial score (nSPS) is 19.5. The van der Waals surface area contributed by atoms with E-state index < -0.39 is 23.7 Å². The van der Waals surface area contributed by atoms with Gasteiger partial charge in [-0.25, -0.2) is 4.39 Å². The molecule has 0 saturated carbocycles. The van der Waals surface area contributed by atoms with Crippen LogP contribution in [0.4, 0.5) is 4.39 Å². The molecule has 0 aromatic heterocycles. The molecular weight excluding hydrogens is 251 g/mol.